The Bertz CT molecular complexity index is 1010. The largest absolute Gasteiger partial charge is 0.544 e. The highest BCUT2D eigenvalue weighted by Crippen LogP contribution is 2.17. The summed E-state index contributed by atoms with van der Waals surface area (Å²) in [5.74, 6) is -1.72. The van der Waals surface area contributed by atoms with Crippen molar-refractivity contribution in [1.82, 2.24) is 0 Å². The number of hydrogen-bond acceptors (Lipinski definition) is 7. The van der Waals surface area contributed by atoms with Crippen LogP contribution < -0.4 is 5.11 Å². The molecule has 0 saturated carbocycles. The molecule has 2 unspecified atom stereocenters. The predicted molar refractivity (Wildman–Crippen MR) is 254 cm³/mol. The van der Waals surface area contributed by atoms with Crippen molar-refractivity contribution >= 4 is 17.9 Å². The third-order valence-electron chi connectivity index (χ3n) is 12.2. The van der Waals surface area contributed by atoms with Gasteiger partial charge >= 0.3 is 11.9 Å². The van der Waals surface area contributed by atoms with Crippen LogP contribution in [0.4, 0.5) is 0 Å². The molecule has 0 rings (SSSR count). The Balaban J connectivity index is 4.18. The third kappa shape index (κ3) is 43.1. The molecule has 0 spiro atoms. The number of quaternary nitrogens is 1. The van der Waals surface area contributed by atoms with Crippen LogP contribution in [0.15, 0.2) is 12.2 Å². The molecule has 0 N–H and O–H groups in total. The van der Waals surface area contributed by atoms with E-state index in [1.165, 1.54) is 173 Å². The Morgan fingerprint density at radius 2 is 0.820 bits per heavy atom. The van der Waals surface area contributed by atoms with Crippen molar-refractivity contribution in [2.75, 3.05) is 41.0 Å². The molecule has 8 nitrogen and oxygen atoms in total. The van der Waals surface area contributed by atoms with Gasteiger partial charge in [0.05, 0.1) is 40.3 Å². The number of carboxylic acids is 1. The first kappa shape index (κ1) is 59.1. The summed E-state index contributed by atoms with van der Waals surface area (Å²) < 4.78 is 17.3. The topological polar surface area (TPSA) is 102 Å². The lowest BCUT2D eigenvalue weighted by molar-refractivity contribution is -0.889. The zero-order chi connectivity index (χ0) is 44.9. The fourth-order valence-corrected chi connectivity index (χ4v) is 8.07. The van der Waals surface area contributed by atoms with E-state index in [1.807, 2.05) is 21.1 Å². The third-order valence-corrected chi connectivity index (χ3v) is 12.2. The summed E-state index contributed by atoms with van der Waals surface area (Å²) in [4.78, 5) is 37.0. The molecule has 360 valence electrons. The smallest absolute Gasteiger partial charge is 0.306 e. The van der Waals surface area contributed by atoms with E-state index < -0.39 is 18.1 Å². The molecule has 0 aliphatic rings. The Morgan fingerprint density at radius 3 is 1.18 bits per heavy atom. The minimum absolute atomic E-state index is 0.0434. The van der Waals surface area contributed by atoms with Gasteiger partial charge in [-0.15, -0.1) is 0 Å². The lowest BCUT2D eigenvalue weighted by Crippen LogP contribution is -2.55. The first-order valence-electron chi connectivity index (χ1n) is 26.2. The molecular weight excluding hydrogens is 763 g/mol. The summed E-state index contributed by atoms with van der Waals surface area (Å²) in [5, 5.41) is 11.7. The highest BCUT2D eigenvalue weighted by molar-refractivity contribution is 5.70. The first-order chi connectivity index (χ1) is 29.6. The Labute approximate surface area is 378 Å². The van der Waals surface area contributed by atoms with Gasteiger partial charge in [0.1, 0.15) is 12.6 Å². The molecule has 0 amide bonds. The molecule has 0 aliphatic carbocycles. The Hall–Kier alpha value is -1.93. The number of esters is 2. The summed E-state index contributed by atoms with van der Waals surface area (Å²) in [6.45, 7) is 4.70. The van der Waals surface area contributed by atoms with E-state index in [2.05, 4.69) is 26.0 Å². The van der Waals surface area contributed by atoms with Gasteiger partial charge in [-0.3, -0.25) is 9.59 Å². The lowest BCUT2D eigenvalue weighted by atomic mass is 10.0. The number of ether oxygens (including phenoxy) is 3. The second-order valence-corrected chi connectivity index (χ2v) is 19.1. The molecule has 8 heteroatoms. The molecule has 0 heterocycles. The highest BCUT2D eigenvalue weighted by Gasteiger charge is 2.25. The summed E-state index contributed by atoms with van der Waals surface area (Å²) in [7, 11) is 5.42. The van der Waals surface area contributed by atoms with Crippen LogP contribution in [-0.4, -0.2) is 75.5 Å². The molecule has 0 bridgehead atoms. The molecule has 0 fully saturated rings. The molecule has 61 heavy (non-hydrogen) atoms. The van der Waals surface area contributed by atoms with Gasteiger partial charge in [-0.1, -0.05) is 212 Å². The number of aliphatic carboxylic acids is 1. The van der Waals surface area contributed by atoms with Gasteiger partial charge in [-0.2, -0.15) is 0 Å². The molecule has 0 radical (unpaired) electrons. The van der Waals surface area contributed by atoms with E-state index in [4.69, 9.17) is 14.2 Å². The van der Waals surface area contributed by atoms with E-state index in [0.29, 0.717) is 12.8 Å². The van der Waals surface area contributed by atoms with Crippen LogP contribution in [0, 0.1) is 0 Å². The van der Waals surface area contributed by atoms with Gasteiger partial charge in [0.25, 0.3) is 0 Å². The number of carbonyl (C=O) groups excluding carboxylic acids is 3. The molecular formula is C53H101NO7. The van der Waals surface area contributed by atoms with Crippen LogP contribution in [-0.2, 0) is 28.6 Å². The van der Waals surface area contributed by atoms with Gasteiger partial charge in [0.15, 0.2) is 6.10 Å². The first-order valence-corrected chi connectivity index (χ1v) is 26.2. The van der Waals surface area contributed by atoms with Crippen LogP contribution >= 0.6 is 0 Å². The van der Waals surface area contributed by atoms with Crippen molar-refractivity contribution in [3.05, 3.63) is 12.2 Å². The number of unbranched alkanes of at least 4 members (excludes halogenated alkanes) is 32. The highest BCUT2D eigenvalue weighted by atomic mass is 16.6. The molecule has 0 saturated heterocycles. The van der Waals surface area contributed by atoms with Crippen LogP contribution in [0.5, 0.6) is 0 Å². The van der Waals surface area contributed by atoms with E-state index >= 15 is 0 Å². The van der Waals surface area contributed by atoms with Crippen molar-refractivity contribution < 1.29 is 38.2 Å². The van der Waals surface area contributed by atoms with Crippen molar-refractivity contribution in [2.24, 2.45) is 0 Å². The van der Waals surface area contributed by atoms with Crippen molar-refractivity contribution in [2.45, 2.75) is 270 Å². The number of carboxylic acid groups (broad SMARTS) is 1. The number of hydrogen-bond donors (Lipinski definition) is 0. The van der Waals surface area contributed by atoms with E-state index in [1.54, 1.807) is 0 Å². The summed E-state index contributed by atoms with van der Waals surface area (Å²) >= 11 is 0. The van der Waals surface area contributed by atoms with Crippen LogP contribution in [0.25, 0.3) is 0 Å². The maximum Gasteiger partial charge on any atom is 0.306 e. The minimum atomic E-state index is -1.12. The van der Waals surface area contributed by atoms with Crippen molar-refractivity contribution in [1.29, 1.82) is 0 Å². The quantitative estimate of drug-likeness (QED) is 0.0260. The number of allylic oxidation sites excluding steroid dienone is 2. The average Bonchev–Trinajstić information content (AvgIpc) is 3.22. The van der Waals surface area contributed by atoms with Gasteiger partial charge in [0.2, 0.25) is 0 Å². The van der Waals surface area contributed by atoms with Crippen molar-refractivity contribution in [3.63, 3.8) is 0 Å². The number of likely N-dealkylation sites (N-methyl/N-ethyl adjacent to an activating group) is 1. The van der Waals surface area contributed by atoms with Gasteiger partial charge in [-0.05, 0) is 38.5 Å². The van der Waals surface area contributed by atoms with Crippen LogP contribution in [0.2, 0.25) is 0 Å². The normalized spacial score (nSPS) is 12.9. The Kier molecular flexibility index (Phi) is 43.3. The van der Waals surface area contributed by atoms with Gasteiger partial charge < -0.3 is 28.6 Å². The zero-order valence-corrected chi connectivity index (χ0v) is 41.1. The van der Waals surface area contributed by atoms with Crippen LogP contribution in [0.1, 0.15) is 258 Å². The maximum absolute atomic E-state index is 12.8. The zero-order valence-electron chi connectivity index (χ0n) is 41.1. The summed E-state index contributed by atoms with van der Waals surface area (Å²) in [6, 6.07) is -0.723. The molecule has 0 aromatic carbocycles. The Morgan fingerprint density at radius 1 is 0.475 bits per heavy atom. The molecule has 2 atom stereocenters. The molecule has 0 aromatic rings. The second kappa shape index (κ2) is 44.7. The lowest BCUT2D eigenvalue weighted by Gasteiger charge is -2.34. The summed E-state index contributed by atoms with van der Waals surface area (Å²) in [5.41, 5.74) is 0. The van der Waals surface area contributed by atoms with E-state index in [9.17, 15) is 19.5 Å². The number of nitrogens with zero attached hydrogens (tertiary/aromatic N) is 1. The number of carbonyl (C=O) groups is 3. The number of rotatable bonds is 48. The fraction of sp³-hybridized carbons (Fsp3) is 0.906. The maximum atomic E-state index is 12.8. The van der Waals surface area contributed by atoms with E-state index in [0.717, 1.165) is 51.4 Å². The van der Waals surface area contributed by atoms with Gasteiger partial charge in [0, 0.05) is 19.3 Å². The van der Waals surface area contributed by atoms with Crippen molar-refractivity contribution in [3.8, 4) is 0 Å². The monoisotopic (exact) mass is 864 g/mol. The predicted octanol–water partition coefficient (Wildman–Crippen LogP) is 13.7. The second-order valence-electron chi connectivity index (χ2n) is 19.1. The minimum Gasteiger partial charge on any atom is -0.544 e. The molecule has 0 aromatic heterocycles. The van der Waals surface area contributed by atoms with E-state index in [-0.39, 0.29) is 42.7 Å². The average molecular weight is 864 g/mol. The standard InChI is InChI=1S/C53H101NO7/c1-6-8-10-12-14-16-18-20-22-24-25-26-27-28-30-31-33-35-37-39-41-43-51(55)60-48-49(47-59-46-45-50(53(57)58)54(3,4)5)61-52(56)44-42-40-38-36-34-32-29-23-21-19-17-15-13-11-9-7-2/h23,29,49-50H,6-22,24-28,30-48H2,1-5H3/b29-23-. The summed E-state index contributed by atoms with van der Waals surface area (Å²) in [6.07, 6.45) is 49.6. The fourth-order valence-electron chi connectivity index (χ4n) is 8.07. The molecule has 0 aliphatic heterocycles. The van der Waals surface area contributed by atoms with Crippen LogP contribution in [0.3, 0.4) is 0 Å². The van der Waals surface area contributed by atoms with Gasteiger partial charge in [-0.25, -0.2) is 0 Å². The SMILES string of the molecule is CCCCCCCCC/C=C\CCCCCCCC(=O)OC(COCCC(C(=O)[O-])[N+](C)(C)C)COC(=O)CCCCCCCCCCCCCCCCCCCCCCC.